The topological polar surface area (TPSA) is 108 Å². The molecule has 0 spiro atoms. The summed E-state index contributed by atoms with van der Waals surface area (Å²) < 4.78 is 5.82. The Morgan fingerprint density at radius 1 is 1.09 bits per heavy atom. The Bertz CT molecular complexity index is 1150. The van der Waals surface area contributed by atoms with Gasteiger partial charge in [0.1, 0.15) is 17.7 Å². The van der Waals surface area contributed by atoms with E-state index >= 15 is 0 Å². The number of fused-ring (bicyclic) bond motifs is 1. The number of benzene rings is 1. The number of hydrogen-bond donors (Lipinski definition) is 2. The van der Waals surface area contributed by atoms with Crippen molar-refractivity contribution in [3.8, 4) is 11.4 Å². The lowest BCUT2D eigenvalue weighted by atomic mass is 9.89. The Morgan fingerprint density at radius 3 is 2.46 bits per heavy atom. The second-order valence-corrected chi connectivity index (χ2v) is 9.57. The maximum atomic E-state index is 12.4. The summed E-state index contributed by atoms with van der Waals surface area (Å²) in [6.07, 6.45) is 9.13. The number of imidazole rings is 1. The summed E-state index contributed by atoms with van der Waals surface area (Å²) in [6.45, 7) is 2.77. The normalized spacial score (nSPS) is 17.0. The molecule has 0 unspecified atom stereocenters. The highest BCUT2D eigenvalue weighted by Gasteiger charge is 2.28. The van der Waals surface area contributed by atoms with Crippen molar-refractivity contribution in [1.29, 1.82) is 0 Å². The van der Waals surface area contributed by atoms with Gasteiger partial charge >= 0.3 is 5.97 Å². The average Bonchev–Trinajstić information content (AvgIpc) is 3.28. The van der Waals surface area contributed by atoms with E-state index in [2.05, 4.69) is 19.9 Å². The second kappa shape index (κ2) is 11.5. The van der Waals surface area contributed by atoms with Crippen molar-refractivity contribution < 1.29 is 19.4 Å². The number of hydrogen-bond acceptors (Lipinski definition) is 6. The highest BCUT2D eigenvalue weighted by molar-refractivity contribution is 6.31. The molecule has 186 valence electrons. The largest absolute Gasteiger partial charge is 0.481 e. The van der Waals surface area contributed by atoms with Gasteiger partial charge in [-0.1, -0.05) is 30.9 Å². The van der Waals surface area contributed by atoms with E-state index in [1.807, 2.05) is 36.5 Å². The molecule has 8 nitrogen and oxygen atoms in total. The van der Waals surface area contributed by atoms with E-state index in [1.54, 1.807) is 0 Å². The lowest BCUT2D eigenvalue weighted by Gasteiger charge is -2.33. The smallest absolute Gasteiger partial charge is 0.309 e. The van der Waals surface area contributed by atoms with Gasteiger partial charge in [-0.3, -0.25) is 9.59 Å². The molecule has 1 aromatic carbocycles. The number of ether oxygens (including phenoxy) is 1. The molecule has 2 fully saturated rings. The molecule has 9 heteroatoms. The number of carboxylic acid groups (broad SMARTS) is 1. The van der Waals surface area contributed by atoms with Gasteiger partial charge < -0.3 is 19.7 Å². The number of carbonyl (C=O) groups is 2. The Hall–Kier alpha value is -3.13. The van der Waals surface area contributed by atoms with Crippen LogP contribution in [0.2, 0.25) is 5.02 Å². The number of aromatic nitrogens is 3. The molecule has 35 heavy (non-hydrogen) atoms. The molecule has 5 rings (SSSR count). The van der Waals surface area contributed by atoms with Crippen LogP contribution in [0.5, 0.6) is 0 Å². The van der Waals surface area contributed by atoms with Gasteiger partial charge in [0, 0.05) is 49.6 Å². The van der Waals surface area contributed by atoms with Gasteiger partial charge in [0.25, 0.3) is 5.97 Å². The van der Waals surface area contributed by atoms with Gasteiger partial charge in [-0.25, -0.2) is 9.97 Å². The summed E-state index contributed by atoms with van der Waals surface area (Å²) in [5, 5.41) is 8.10. The summed E-state index contributed by atoms with van der Waals surface area (Å²) in [5.74, 6) is 1.03. The second-order valence-electron chi connectivity index (χ2n) is 9.13. The van der Waals surface area contributed by atoms with E-state index in [1.165, 1.54) is 6.42 Å². The number of aliphatic carboxylic acids is 1. The van der Waals surface area contributed by atoms with Crippen LogP contribution in [0.25, 0.3) is 22.4 Å². The summed E-state index contributed by atoms with van der Waals surface area (Å²) in [5.41, 5.74) is 2.73. The van der Waals surface area contributed by atoms with Crippen LogP contribution in [0.15, 0.2) is 36.5 Å². The fourth-order valence-corrected chi connectivity index (χ4v) is 4.81. The molecule has 1 saturated carbocycles. The fraction of sp³-hybridized carbons (Fsp3) is 0.462. The van der Waals surface area contributed by atoms with E-state index in [4.69, 9.17) is 26.2 Å². The Kier molecular flexibility index (Phi) is 8.23. The number of rotatable bonds is 4. The number of nitrogens with zero attached hydrogens (tertiary/aromatic N) is 3. The van der Waals surface area contributed by atoms with Crippen LogP contribution in [0.3, 0.4) is 0 Å². The molecule has 1 aliphatic carbocycles. The molecule has 1 aliphatic heterocycles. The minimum atomic E-state index is -0.833. The molecule has 2 N–H and O–H groups in total. The van der Waals surface area contributed by atoms with E-state index in [0.29, 0.717) is 5.02 Å². The average molecular weight is 499 g/mol. The first-order valence-electron chi connectivity index (χ1n) is 12.2. The SMILES string of the molecule is CC(=O)O.O=C(OC1CCN(c2ccc(-c3nc4ccc(Cl)cc4[nH]3)cn2)CC1)C1CCCCC1. The number of piperidine rings is 1. The first-order valence-corrected chi connectivity index (χ1v) is 12.5. The van der Waals surface area contributed by atoms with Crippen LogP contribution in [0.4, 0.5) is 5.82 Å². The third-order valence-electron chi connectivity index (χ3n) is 6.45. The highest BCUT2D eigenvalue weighted by atomic mass is 35.5. The molecule has 1 saturated heterocycles. The van der Waals surface area contributed by atoms with Gasteiger partial charge in [0.15, 0.2) is 0 Å². The minimum absolute atomic E-state index is 0.0211. The predicted octanol–water partition coefficient (Wildman–Crippen LogP) is 5.46. The number of pyridine rings is 1. The van der Waals surface area contributed by atoms with Crippen molar-refractivity contribution in [1.82, 2.24) is 15.0 Å². The van der Waals surface area contributed by atoms with E-state index in [-0.39, 0.29) is 18.0 Å². The van der Waals surface area contributed by atoms with Crippen molar-refractivity contribution >= 4 is 40.4 Å². The predicted molar refractivity (Wildman–Crippen MR) is 136 cm³/mol. The van der Waals surface area contributed by atoms with E-state index < -0.39 is 5.97 Å². The molecule has 2 aliphatic rings. The van der Waals surface area contributed by atoms with Gasteiger partial charge in [-0.2, -0.15) is 0 Å². The van der Waals surface area contributed by atoms with Gasteiger partial charge in [-0.15, -0.1) is 0 Å². The van der Waals surface area contributed by atoms with Gasteiger partial charge in [-0.05, 0) is 43.2 Å². The molecule has 3 aromatic rings. The number of nitrogens with one attached hydrogen (secondary N) is 1. The molecule has 0 atom stereocenters. The van der Waals surface area contributed by atoms with Crippen LogP contribution in [0, 0.1) is 5.92 Å². The zero-order valence-corrected chi connectivity index (χ0v) is 20.6. The standard InChI is InChI=1S/C24H27ClN4O2.C2H4O2/c25-18-7-8-20-21(14-18)28-23(27-20)17-6-9-22(26-15-17)29-12-10-19(11-13-29)31-24(30)16-4-2-1-3-5-16;1-2(3)4/h6-9,14-16,19H,1-5,10-13H2,(H,27,28);1H3,(H,3,4). The lowest BCUT2D eigenvalue weighted by molar-refractivity contribution is -0.156. The summed E-state index contributed by atoms with van der Waals surface area (Å²) in [4.78, 5) is 36.3. The summed E-state index contributed by atoms with van der Waals surface area (Å²) in [6, 6.07) is 9.69. The molecular weight excluding hydrogens is 468 g/mol. The molecular formula is C26H31ClN4O4. The number of carboxylic acids is 1. The van der Waals surface area contributed by atoms with Crippen molar-refractivity contribution in [2.24, 2.45) is 5.92 Å². The monoisotopic (exact) mass is 498 g/mol. The first-order chi connectivity index (χ1) is 16.9. The minimum Gasteiger partial charge on any atom is -0.481 e. The Morgan fingerprint density at radius 2 is 1.80 bits per heavy atom. The zero-order valence-electron chi connectivity index (χ0n) is 19.9. The van der Waals surface area contributed by atoms with Crippen LogP contribution < -0.4 is 4.90 Å². The van der Waals surface area contributed by atoms with Gasteiger partial charge in [0.05, 0.1) is 17.0 Å². The van der Waals surface area contributed by atoms with Crippen LogP contribution >= 0.6 is 11.6 Å². The van der Waals surface area contributed by atoms with Crippen molar-refractivity contribution in [3.63, 3.8) is 0 Å². The van der Waals surface area contributed by atoms with Crippen LogP contribution in [0.1, 0.15) is 51.9 Å². The van der Waals surface area contributed by atoms with Crippen molar-refractivity contribution in [2.75, 3.05) is 18.0 Å². The van der Waals surface area contributed by atoms with Crippen molar-refractivity contribution in [2.45, 2.75) is 58.0 Å². The maximum Gasteiger partial charge on any atom is 0.309 e. The Balaban J connectivity index is 0.000000672. The van der Waals surface area contributed by atoms with Crippen molar-refractivity contribution in [3.05, 3.63) is 41.6 Å². The third-order valence-corrected chi connectivity index (χ3v) is 6.69. The van der Waals surface area contributed by atoms with Crippen LogP contribution in [-0.2, 0) is 14.3 Å². The number of esters is 1. The highest BCUT2D eigenvalue weighted by Crippen LogP contribution is 2.28. The number of H-pyrrole nitrogens is 1. The lowest BCUT2D eigenvalue weighted by Crippen LogP contribution is -2.39. The number of anilines is 1. The maximum absolute atomic E-state index is 12.4. The quantitative estimate of drug-likeness (QED) is 0.459. The van der Waals surface area contributed by atoms with E-state index in [0.717, 1.165) is 86.8 Å². The third kappa shape index (κ3) is 6.72. The van der Waals surface area contributed by atoms with Crippen LogP contribution in [-0.4, -0.2) is 51.2 Å². The molecule has 0 bridgehead atoms. The zero-order chi connectivity index (χ0) is 24.8. The molecule has 3 heterocycles. The summed E-state index contributed by atoms with van der Waals surface area (Å²) >= 11 is 6.06. The number of aromatic amines is 1. The Labute approximate surface area is 209 Å². The molecule has 0 amide bonds. The first kappa shape index (κ1) is 25.0. The number of halogens is 1. The van der Waals surface area contributed by atoms with E-state index in [9.17, 15) is 4.79 Å². The van der Waals surface area contributed by atoms with Gasteiger partial charge in [0.2, 0.25) is 0 Å². The fourth-order valence-electron chi connectivity index (χ4n) is 4.63. The number of carbonyl (C=O) groups excluding carboxylic acids is 1. The summed E-state index contributed by atoms with van der Waals surface area (Å²) in [7, 11) is 0. The molecule has 0 radical (unpaired) electrons. The molecule has 2 aromatic heterocycles.